The van der Waals surface area contributed by atoms with Crippen molar-refractivity contribution in [2.45, 2.75) is 6.92 Å². The van der Waals surface area contributed by atoms with Crippen LogP contribution in [-0.2, 0) is 4.79 Å². The van der Waals surface area contributed by atoms with E-state index in [1.807, 2.05) is 43.3 Å². The summed E-state index contributed by atoms with van der Waals surface area (Å²) < 4.78 is 6.76. The van der Waals surface area contributed by atoms with Gasteiger partial charge in [-0.15, -0.1) is 5.10 Å². The maximum atomic E-state index is 13.1. The van der Waals surface area contributed by atoms with Gasteiger partial charge in [-0.3, -0.25) is 4.79 Å². The van der Waals surface area contributed by atoms with Crippen molar-refractivity contribution in [3.63, 3.8) is 0 Å². The molecule has 0 unspecified atom stereocenters. The van der Waals surface area contributed by atoms with Crippen LogP contribution < -0.4 is 5.32 Å². The second-order valence-electron chi connectivity index (χ2n) is 6.24. The molecule has 0 bridgehead atoms. The lowest BCUT2D eigenvalue weighted by atomic mass is 10.2. The summed E-state index contributed by atoms with van der Waals surface area (Å²) in [6, 6.07) is 18.1. The van der Waals surface area contributed by atoms with Crippen LogP contribution in [0.5, 0.6) is 0 Å². The Hall–Kier alpha value is -3.71. The molecular weight excluding hydrogens is 390 g/mol. The van der Waals surface area contributed by atoms with Gasteiger partial charge in [0.15, 0.2) is 5.82 Å². The molecule has 0 saturated heterocycles. The minimum atomic E-state index is -0.411. The number of furan rings is 1. The second-order valence-corrected chi connectivity index (χ2v) is 6.65. The molecule has 0 atom stereocenters. The predicted molar refractivity (Wildman–Crippen MR) is 111 cm³/mol. The quantitative estimate of drug-likeness (QED) is 0.493. The maximum Gasteiger partial charge on any atom is 0.274 e. The molecule has 1 N–H and O–H groups in total. The lowest BCUT2D eigenvalue weighted by molar-refractivity contribution is -0.111. The van der Waals surface area contributed by atoms with E-state index in [0.717, 1.165) is 11.1 Å². The molecule has 2 heterocycles. The Balaban J connectivity index is 1.75. The van der Waals surface area contributed by atoms with Crippen molar-refractivity contribution in [3.05, 3.63) is 83.3 Å². The monoisotopic (exact) mass is 405 g/mol. The highest BCUT2D eigenvalue weighted by atomic mass is 35.5. The van der Waals surface area contributed by atoms with Crippen molar-refractivity contribution in [1.82, 2.24) is 20.2 Å². The Kier molecular flexibility index (Phi) is 5.22. The number of benzene rings is 2. The summed E-state index contributed by atoms with van der Waals surface area (Å²) in [5.74, 6) is 0.512. The number of amides is 1. The number of aromatic nitrogens is 4. The van der Waals surface area contributed by atoms with E-state index in [4.69, 9.17) is 16.0 Å². The van der Waals surface area contributed by atoms with Gasteiger partial charge in [-0.1, -0.05) is 48.0 Å². The number of hydrogen-bond acceptors (Lipinski definition) is 5. The first kappa shape index (κ1) is 18.6. The summed E-state index contributed by atoms with van der Waals surface area (Å²) >= 11 is 6.18. The number of tetrazole rings is 1. The van der Waals surface area contributed by atoms with Crippen LogP contribution in [0.25, 0.3) is 23.2 Å². The molecule has 1 amide bonds. The van der Waals surface area contributed by atoms with Gasteiger partial charge in [-0.25, -0.2) is 0 Å². The summed E-state index contributed by atoms with van der Waals surface area (Å²) in [7, 11) is 0. The summed E-state index contributed by atoms with van der Waals surface area (Å²) in [6.07, 6.45) is 3.10. The molecule has 29 heavy (non-hydrogen) atoms. The van der Waals surface area contributed by atoms with Crippen LogP contribution >= 0.6 is 11.6 Å². The summed E-state index contributed by atoms with van der Waals surface area (Å²) in [6.45, 7) is 1.89. The van der Waals surface area contributed by atoms with Crippen LogP contribution in [0.4, 0.5) is 5.69 Å². The average Bonchev–Trinajstić information content (AvgIpc) is 3.41. The molecule has 4 rings (SSSR count). The Morgan fingerprint density at radius 1 is 1.14 bits per heavy atom. The van der Waals surface area contributed by atoms with Gasteiger partial charge in [-0.2, -0.15) is 4.68 Å². The summed E-state index contributed by atoms with van der Waals surface area (Å²) in [4.78, 5) is 13.1. The Morgan fingerprint density at radius 3 is 2.69 bits per heavy atom. The molecular formula is C21H16ClN5O2. The van der Waals surface area contributed by atoms with E-state index >= 15 is 0 Å². The highest BCUT2D eigenvalue weighted by Crippen LogP contribution is 2.24. The fourth-order valence-corrected chi connectivity index (χ4v) is 2.89. The van der Waals surface area contributed by atoms with Crippen molar-refractivity contribution < 1.29 is 9.21 Å². The maximum absolute atomic E-state index is 13.1. The molecule has 0 fully saturated rings. The van der Waals surface area contributed by atoms with E-state index in [0.29, 0.717) is 22.3 Å². The van der Waals surface area contributed by atoms with E-state index in [1.54, 1.807) is 30.3 Å². The van der Waals surface area contributed by atoms with Gasteiger partial charge in [0.2, 0.25) is 0 Å². The van der Waals surface area contributed by atoms with Crippen LogP contribution in [0.2, 0.25) is 5.02 Å². The molecule has 4 aromatic rings. The number of carbonyl (C=O) groups is 1. The number of anilines is 1. The van der Waals surface area contributed by atoms with Gasteiger partial charge in [0.1, 0.15) is 11.5 Å². The van der Waals surface area contributed by atoms with E-state index in [1.165, 1.54) is 10.9 Å². The highest BCUT2D eigenvalue weighted by Gasteiger charge is 2.20. The standard InChI is InChI=1S/C21H16ClN5O2/c1-14-9-10-16(12-18(14)22)23-21(28)19(13-17-8-5-11-29-17)27-20(24-25-26-27)15-6-3-2-4-7-15/h2-13H,1H3,(H,23,28). The minimum absolute atomic E-state index is 0.195. The minimum Gasteiger partial charge on any atom is -0.465 e. The first-order valence-electron chi connectivity index (χ1n) is 8.79. The second kappa shape index (κ2) is 8.12. The third-order valence-electron chi connectivity index (χ3n) is 4.21. The fourth-order valence-electron chi connectivity index (χ4n) is 2.71. The Labute approximate surface area is 171 Å². The number of halogens is 1. The van der Waals surface area contributed by atoms with Gasteiger partial charge < -0.3 is 9.73 Å². The number of rotatable bonds is 5. The van der Waals surface area contributed by atoms with Gasteiger partial charge in [0, 0.05) is 22.3 Å². The number of carbonyl (C=O) groups excluding carboxylic acids is 1. The SMILES string of the molecule is Cc1ccc(NC(=O)C(=Cc2ccco2)n2nnnc2-c2ccccc2)cc1Cl. The zero-order valence-electron chi connectivity index (χ0n) is 15.4. The van der Waals surface area contributed by atoms with Gasteiger partial charge in [0.25, 0.3) is 5.91 Å². The fraction of sp³-hybridized carbons (Fsp3) is 0.0476. The number of hydrogen-bond donors (Lipinski definition) is 1. The first-order chi connectivity index (χ1) is 14.1. The largest absolute Gasteiger partial charge is 0.465 e. The highest BCUT2D eigenvalue weighted by molar-refractivity contribution is 6.32. The van der Waals surface area contributed by atoms with Crippen LogP contribution in [-0.4, -0.2) is 26.1 Å². The molecule has 0 radical (unpaired) electrons. The van der Waals surface area contributed by atoms with Crippen molar-refractivity contribution in [1.29, 1.82) is 0 Å². The van der Waals surface area contributed by atoms with Gasteiger partial charge in [0.05, 0.1) is 6.26 Å². The molecule has 0 aliphatic carbocycles. The zero-order valence-corrected chi connectivity index (χ0v) is 16.2. The lowest BCUT2D eigenvalue weighted by Crippen LogP contribution is -2.19. The molecule has 0 aliphatic rings. The van der Waals surface area contributed by atoms with Crippen molar-refractivity contribution in [2.75, 3.05) is 5.32 Å². The summed E-state index contributed by atoms with van der Waals surface area (Å²) in [5, 5.41) is 15.3. The summed E-state index contributed by atoms with van der Waals surface area (Å²) in [5.41, 5.74) is 2.45. The average molecular weight is 406 g/mol. The Bertz CT molecular complexity index is 1170. The first-order valence-corrected chi connectivity index (χ1v) is 9.16. The predicted octanol–water partition coefficient (Wildman–Crippen LogP) is 4.53. The number of nitrogens with zero attached hydrogens (tertiary/aromatic N) is 4. The molecule has 144 valence electrons. The molecule has 2 aromatic carbocycles. The lowest BCUT2D eigenvalue weighted by Gasteiger charge is -2.11. The van der Waals surface area contributed by atoms with E-state index in [-0.39, 0.29) is 5.70 Å². The molecule has 2 aromatic heterocycles. The molecule has 0 saturated carbocycles. The third-order valence-corrected chi connectivity index (χ3v) is 4.62. The Morgan fingerprint density at radius 2 is 1.97 bits per heavy atom. The van der Waals surface area contributed by atoms with E-state index in [9.17, 15) is 4.79 Å². The number of nitrogens with one attached hydrogen (secondary N) is 1. The molecule has 0 spiro atoms. The van der Waals surface area contributed by atoms with Crippen LogP contribution in [0.1, 0.15) is 11.3 Å². The van der Waals surface area contributed by atoms with Crippen LogP contribution in [0, 0.1) is 6.92 Å². The van der Waals surface area contributed by atoms with Gasteiger partial charge >= 0.3 is 0 Å². The molecule has 0 aliphatic heterocycles. The van der Waals surface area contributed by atoms with Crippen molar-refractivity contribution >= 4 is 35.0 Å². The number of aryl methyl sites for hydroxylation is 1. The van der Waals surface area contributed by atoms with E-state index in [2.05, 4.69) is 20.8 Å². The zero-order chi connectivity index (χ0) is 20.2. The van der Waals surface area contributed by atoms with Crippen LogP contribution in [0.15, 0.2) is 71.3 Å². The smallest absolute Gasteiger partial charge is 0.274 e. The van der Waals surface area contributed by atoms with Gasteiger partial charge in [-0.05, 0) is 47.2 Å². The third kappa shape index (κ3) is 4.09. The van der Waals surface area contributed by atoms with Crippen LogP contribution in [0.3, 0.4) is 0 Å². The molecule has 8 heteroatoms. The topological polar surface area (TPSA) is 85.8 Å². The van der Waals surface area contributed by atoms with Crippen molar-refractivity contribution in [3.8, 4) is 11.4 Å². The molecule has 7 nitrogen and oxygen atoms in total. The normalized spacial score (nSPS) is 11.4. The van der Waals surface area contributed by atoms with E-state index < -0.39 is 5.91 Å². The van der Waals surface area contributed by atoms with Crippen molar-refractivity contribution in [2.24, 2.45) is 0 Å².